The summed E-state index contributed by atoms with van der Waals surface area (Å²) in [6.07, 6.45) is 4.08. The van der Waals surface area contributed by atoms with E-state index in [0.717, 1.165) is 36.7 Å². The SMILES string of the molecule is O=C(O)COc1ccc(/C=C2\SC(N3CCCC3)=NC2=O)cc1. The van der Waals surface area contributed by atoms with E-state index in [-0.39, 0.29) is 12.5 Å². The van der Waals surface area contributed by atoms with Gasteiger partial charge in [0.15, 0.2) is 11.8 Å². The smallest absolute Gasteiger partial charge is 0.341 e. The van der Waals surface area contributed by atoms with Crippen molar-refractivity contribution in [1.29, 1.82) is 0 Å². The van der Waals surface area contributed by atoms with Crippen molar-refractivity contribution in [2.45, 2.75) is 12.8 Å². The van der Waals surface area contributed by atoms with Crippen LogP contribution in [0.25, 0.3) is 6.08 Å². The maximum atomic E-state index is 12.0. The second-order valence-electron chi connectivity index (χ2n) is 5.26. The van der Waals surface area contributed by atoms with Crippen molar-refractivity contribution in [2.24, 2.45) is 4.99 Å². The third kappa shape index (κ3) is 3.92. The molecule has 6 nitrogen and oxygen atoms in total. The fraction of sp³-hybridized carbons (Fsp3) is 0.312. The molecule has 2 aliphatic rings. The lowest BCUT2D eigenvalue weighted by Gasteiger charge is -2.14. The Labute approximate surface area is 137 Å². The molecule has 0 spiro atoms. The van der Waals surface area contributed by atoms with Crippen molar-refractivity contribution >= 4 is 34.9 Å². The number of likely N-dealkylation sites (tertiary alicyclic amines) is 1. The lowest BCUT2D eigenvalue weighted by Crippen LogP contribution is -2.23. The first-order valence-electron chi connectivity index (χ1n) is 7.34. The lowest BCUT2D eigenvalue weighted by atomic mass is 10.2. The summed E-state index contributed by atoms with van der Waals surface area (Å²) in [4.78, 5) is 29.3. The molecule has 2 aliphatic heterocycles. The van der Waals surface area contributed by atoms with Gasteiger partial charge in [0.2, 0.25) is 0 Å². The molecule has 0 atom stereocenters. The zero-order valence-electron chi connectivity index (χ0n) is 12.4. The highest BCUT2D eigenvalue weighted by Gasteiger charge is 2.27. The van der Waals surface area contributed by atoms with E-state index in [0.29, 0.717) is 10.7 Å². The van der Waals surface area contributed by atoms with Gasteiger partial charge in [0.25, 0.3) is 5.91 Å². The molecule has 1 saturated heterocycles. The predicted molar refractivity (Wildman–Crippen MR) is 88.4 cm³/mol. The second kappa shape index (κ2) is 6.87. The Hall–Kier alpha value is -2.28. The van der Waals surface area contributed by atoms with Gasteiger partial charge in [0, 0.05) is 13.1 Å². The number of aliphatic carboxylic acids is 1. The number of hydrogen-bond donors (Lipinski definition) is 1. The second-order valence-corrected chi connectivity index (χ2v) is 6.26. The van der Waals surface area contributed by atoms with Crippen molar-refractivity contribution in [1.82, 2.24) is 4.90 Å². The van der Waals surface area contributed by atoms with Crippen LogP contribution in [0.5, 0.6) is 5.75 Å². The lowest BCUT2D eigenvalue weighted by molar-refractivity contribution is -0.139. The fourth-order valence-electron chi connectivity index (χ4n) is 2.40. The summed E-state index contributed by atoms with van der Waals surface area (Å²) in [6, 6.07) is 6.93. The van der Waals surface area contributed by atoms with Crippen LogP contribution in [-0.4, -0.2) is 46.7 Å². The van der Waals surface area contributed by atoms with E-state index < -0.39 is 5.97 Å². The number of carbonyl (C=O) groups is 2. The van der Waals surface area contributed by atoms with Crippen molar-refractivity contribution in [3.63, 3.8) is 0 Å². The van der Waals surface area contributed by atoms with Crippen LogP contribution in [0, 0.1) is 0 Å². The van der Waals surface area contributed by atoms with Gasteiger partial charge in [-0.1, -0.05) is 12.1 Å². The monoisotopic (exact) mass is 332 g/mol. The Balaban J connectivity index is 1.65. The molecule has 0 aromatic heterocycles. The molecule has 1 amide bonds. The van der Waals surface area contributed by atoms with Gasteiger partial charge in [-0.25, -0.2) is 4.79 Å². The van der Waals surface area contributed by atoms with Crippen LogP contribution in [0.3, 0.4) is 0 Å². The first-order valence-corrected chi connectivity index (χ1v) is 8.15. The summed E-state index contributed by atoms with van der Waals surface area (Å²) in [5.74, 6) is -0.743. The van der Waals surface area contributed by atoms with Crippen LogP contribution < -0.4 is 4.74 Å². The molecule has 7 heteroatoms. The van der Waals surface area contributed by atoms with E-state index in [2.05, 4.69) is 9.89 Å². The Morgan fingerprint density at radius 1 is 1.30 bits per heavy atom. The predicted octanol–water partition coefficient (Wildman–Crippen LogP) is 2.22. The van der Waals surface area contributed by atoms with E-state index in [1.54, 1.807) is 30.3 Å². The standard InChI is InChI=1S/C16H16N2O4S/c19-14(20)10-22-12-5-3-11(4-6-12)9-13-15(21)17-16(23-13)18-7-1-2-8-18/h3-6,9H,1-2,7-8,10H2,(H,19,20)/b13-9-. The molecule has 1 aromatic rings. The number of amides is 1. The van der Waals surface area contributed by atoms with Crippen LogP contribution in [0.1, 0.15) is 18.4 Å². The molecule has 1 N–H and O–H groups in total. The van der Waals surface area contributed by atoms with Crippen LogP contribution >= 0.6 is 11.8 Å². The summed E-state index contributed by atoms with van der Waals surface area (Å²) in [6.45, 7) is 1.55. The zero-order valence-corrected chi connectivity index (χ0v) is 13.2. The van der Waals surface area contributed by atoms with Crippen LogP contribution in [0.2, 0.25) is 0 Å². The van der Waals surface area contributed by atoms with E-state index in [1.807, 2.05) is 0 Å². The third-order valence-corrected chi connectivity index (χ3v) is 4.57. The molecule has 0 radical (unpaired) electrons. The maximum Gasteiger partial charge on any atom is 0.341 e. The highest BCUT2D eigenvalue weighted by molar-refractivity contribution is 8.18. The number of ether oxygens (including phenoxy) is 1. The van der Waals surface area contributed by atoms with E-state index in [4.69, 9.17) is 9.84 Å². The topological polar surface area (TPSA) is 79.2 Å². The normalized spacial score (nSPS) is 19.3. The van der Waals surface area contributed by atoms with Crippen molar-refractivity contribution in [3.05, 3.63) is 34.7 Å². The number of amidine groups is 1. The Kier molecular flexibility index (Phi) is 4.66. The van der Waals surface area contributed by atoms with E-state index in [9.17, 15) is 9.59 Å². The Morgan fingerprint density at radius 3 is 2.65 bits per heavy atom. The average Bonchev–Trinajstić information content (AvgIpc) is 3.17. The van der Waals surface area contributed by atoms with Gasteiger partial charge >= 0.3 is 5.97 Å². The number of aliphatic imine (C=N–C) groups is 1. The molecule has 23 heavy (non-hydrogen) atoms. The Morgan fingerprint density at radius 2 is 2.00 bits per heavy atom. The van der Waals surface area contributed by atoms with Crippen LogP contribution in [0.4, 0.5) is 0 Å². The molecular formula is C16H16N2O4S. The van der Waals surface area contributed by atoms with Gasteiger partial charge in [0.1, 0.15) is 5.75 Å². The van der Waals surface area contributed by atoms with E-state index in [1.165, 1.54) is 11.8 Å². The van der Waals surface area contributed by atoms with Crippen molar-refractivity contribution < 1.29 is 19.4 Å². The first kappa shape index (κ1) is 15.6. The summed E-state index contributed by atoms with van der Waals surface area (Å²) >= 11 is 1.41. The molecule has 1 aromatic carbocycles. The first-order chi connectivity index (χ1) is 11.1. The summed E-state index contributed by atoms with van der Waals surface area (Å²) in [5, 5.41) is 9.36. The maximum absolute atomic E-state index is 12.0. The van der Waals surface area contributed by atoms with Gasteiger partial charge in [0.05, 0.1) is 4.91 Å². The Bertz CT molecular complexity index is 676. The van der Waals surface area contributed by atoms with Gasteiger partial charge in [-0.2, -0.15) is 4.99 Å². The van der Waals surface area contributed by atoms with Crippen LogP contribution in [0.15, 0.2) is 34.2 Å². The number of nitrogens with zero attached hydrogens (tertiary/aromatic N) is 2. The molecule has 0 unspecified atom stereocenters. The highest BCUT2D eigenvalue weighted by atomic mass is 32.2. The zero-order chi connectivity index (χ0) is 16.2. The molecule has 2 heterocycles. The molecular weight excluding hydrogens is 316 g/mol. The molecule has 0 saturated carbocycles. The minimum absolute atomic E-state index is 0.205. The highest BCUT2D eigenvalue weighted by Crippen LogP contribution is 2.31. The molecule has 0 bridgehead atoms. The number of rotatable bonds is 4. The minimum atomic E-state index is -1.02. The van der Waals surface area contributed by atoms with Gasteiger partial charge in [-0.15, -0.1) is 0 Å². The molecule has 0 aliphatic carbocycles. The number of benzene rings is 1. The van der Waals surface area contributed by atoms with Gasteiger partial charge < -0.3 is 14.7 Å². The average molecular weight is 332 g/mol. The number of hydrogen-bond acceptors (Lipinski definition) is 5. The summed E-state index contributed by atoms with van der Waals surface area (Å²) in [5.41, 5.74) is 0.849. The number of carboxylic acids is 1. The number of thioether (sulfide) groups is 1. The quantitative estimate of drug-likeness (QED) is 0.852. The van der Waals surface area contributed by atoms with Gasteiger partial charge in [-0.3, -0.25) is 4.79 Å². The minimum Gasteiger partial charge on any atom is -0.482 e. The molecule has 3 rings (SSSR count). The number of carboxylic acid groups (broad SMARTS) is 1. The summed E-state index contributed by atoms with van der Waals surface area (Å²) < 4.78 is 5.08. The van der Waals surface area contributed by atoms with Crippen molar-refractivity contribution in [3.8, 4) is 5.75 Å². The van der Waals surface area contributed by atoms with Crippen LogP contribution in [-0.2, 0) is 9.59 Å². The van der Waals surface area contributed by atoms with E-state index >= 15 is 0 Å². The molecule has 120 valence electrons. The van der Waals surface area contributed by atoms with Crippen molar-refractivity contribution in [2.75, 3.05) is 19.7 Å². The molecule has 1 fully saturated rings. The fourth-order valence-corrected chi connectivity index (χ4v) is 3.36. The largest absolute Gasteiger partial charge is 0.482 e. The number of carbonyl (C=O) groups excluding carboxylic acids is 1. The van der Waals surface area contributed by atoms with Gasteiger partial charge in [-0.05, 0) is 48.4 Å². The third-order valence-electron chi connectivity index (χ3n) is 3.53. The summed E-state index contributed by atoms with van der Waals surface area (Å²) in [7, 11) is 0.